The smallest absolute Gasteiger partial charge is 0.262 e. The third kappa shape index (κ3) is 2.39. The lowest BCUT2D eigenvalue weighted by molar-refractivity contribution is 0.324. The Bertz CT molecular complexity index is 768. The van der Waals surface area contributed by atoms with Crippen LogP contribution in [-0.2, 0) is 0 Å². The van der Waals surface area contributed by atoms with Crippen LogP contribution in [0.1, 0.15) is 0 Å². The molecule has 2 heterocycles. The highest BCUT2D eigenvalue weighted by atomic mass is 32.1. The van der Waals surface area contributed by atoms with Crippen molar-refractivity contribution >= 4 is 11.3 Å². The van der Waals surface area contributed by atoms with Gasteiger partial charge in [0.15, 0.2) is 11.5 Å². The zero-order valence-electron chi connectivity index (χ0n) is 12.3. The molecule has 0 atom stereocenters. The van der Waals surface area contributed by atoms with Crippen molar-refractivity contribution in [3.8, 4) is 39.4 Å². The molecular formula is C15H14N2O4S. The Hall–Kier alpha value is -2.54. The number of ether oxygens (including phenoxy) is 3. The van der Waals surface area contributed by atoms with Gasteiger partial charge in [0.25, 0.3) is 5.89 Å². The van der Waals surface area contributed by atoms with E-state index in [2.05, 4.69) is 10.1 Å². The van der Waals surface area contributed by atoms with E-state index in [0.717, 1.165) is 4.88 Å². The fourth-order valence-electron chi connectivity index (χ4n) is 2.11. The molecule has 0 bridgehead atoms. The number of aromatic nitrogens is 2. The first-order chi connectivity index (χ1) is 10.8. The highest BCUT2D eigenvalue weighted by Crippen LogP contribution is 2.44. The molecule has 0 radical (unpaired) electrons. The van der Waals surface area contributed by atoms with E-state index in [1.807, 2.05) is 17.5 Å². The third-order valence-corrected chi connectivity index (χ3v) is 3.97. The van der Waals surface area contributed by atoms with Crippen LogP contribution in [0.3, 0.4) is 0 Å². The van der Waals surface area contributed by atoms with Crippen LogP contribution in [0.5, 0.6) is 17.2 Å². The predicted octanol–water partition coefficient (Wildman–Crippen LogP) is 3.49. The Balaban J connectivity index is 2.08. The zero-order valence-corrected chi connectivity index (χ0v) is 13.1. The summed E-state index contributed by atoms with van der Waals surface area (Å²) in [5, 5.41) is 5.97. The maximum absolute atomic E-state index is 5.43. The van der Waals surface area contributed by atoms with Gasteiger partial charge >= 0.3 is 0 Å². The van der Waals surface area contributed by atoms with Crippen molar-refractivity contribution in [1.29, 1.82) is 0 Å². The summed E-state index contributed by atoms with van der Waals surface area (Å²) < 4.78 is 21.4. The van der Waals surface area contributed by atoms with Gasteiger partial charge in [-0.1, -0.05) is 11.2 Å². The van der Waals surface area contributed by atoms with E-state index >= 15 is 0 Å². The molecule has 2 aromatic heterocycles. The van der Waals surface area contributed by atoms with Gasteiger partial charge in [-0.25, -0.2) is 0 Å². The molecule has 0 unspecified atom stereocenters. The SMILES string of the molecule is COc1ccc(-c2nc(-c3cccs3)no2)c(OC)c1OC. The van der Waals surface area contributed by atoms with Crippen molar-refractivity contribution in [2.75, 3.05) is 21.3 Å². The second-order valence-electron chi connectivity index (χ2n) is 4.28. The van der Waals surface area contributed by atoms with E-state index in [0.29, 0.717) is 34.5 Å². The van der Waals surface area contributed by atoms with Crippen LogP contribution in [-0.4, -0.2) is 31.5 Å². The first-order valence-electron chi connectivity index (χ1n) is 6.45. The molecule has 0 aliphatic carbocycles. The Morgan fingerprint density at radius 3 is 2.45 bits per heavy atom. The summed E-state index contributed by atoms with van der Waals surface area (Å²) in [7, 11) is 4.67. The van der Waals surface area contributed by atoms with Crippen LogP contribution >= 0.6 is 11.3 Å². The molecular weight excluding hydrogens is 304 g/mol. The van der Waals surface area contributed by atoms with Gasteiger partial charge in [-0.3, -0.25) is 0 Å². The lowest BCUT2D eigenvalue weighted by Gasteiger charge is -2.13. The molecule has 0 N–H and O–H groups in total. The number of nitrogens with zero attached hydrogens (tertiary/aromatic N) is 2. The van der Waals surface area contributed by atoms with E-state index in [9.17, 15) is 0 Å². The summed E-state index contributed by atoms with van der Waals surface area (Å²) in [6, 6.07) is 7.44. The fraction of sp³-hybridized carbons (Fsp3) is 0.200. The summed E-state index contributed by atoms with van der Waals surface area (Å²) in [5.74, 6) is 2.45. The number of thiophene rings is 1. The minimum absolute atomic E-state index is 0.362. The summed E-state index contributed by atoms with van der Waals surface area (Å²) in [5.41, 5.74) is 0.649. The lowest BCUT2D eigenvalue weighted by atomic mass is 10.1. The molecule has 0 spiro atoms. The fourth-order valence-corrected chi connectivity index (χ4v) is 2.76. The monoisotopic (exact) mass is 318 g/mol. The molecule has 0 aliphatic heterocycles. The van der Waals surface area contributed by atoms with Gasteiger partial charge in [-0.2, -0.15) is 4.98 Å². The molecule has 0 amide bonds. The third-order valence-electron chi connectivity index (χ3n) is 3.10. The molecule has 0 saturated carbocycles. The van der Waals surface area contributed by atoms with Gasteiger partial charge < -0.3 is 18.7 Å². The topological polar surface area (TPSA) is 66.6 Å². The van der Waals surface area contributed by atoms with Crippen LogP contribution in [0.25, 0.3) is 22.2 Å². The van der Waals surface area contributed by atoms with Crippen molar-refractivity contribution in [1.82, 2.24) is 10.1 Å². The molecule has 0 aliphatic rings. The van der Waals surface area contributed by atoms with E-state index in [1.54, 1.807) is 44.8 Å². The van der Waals surface area contributed by atoms with E-state index in [4.69, 9.17) is 18.7 Å². The Labute approximate surface area is 131 Å². The number of methoxy groups -OCH3 is 3. The minimum Gasteiger partial charge on any atom is -0.493 e. The van der Waals surface area contributed by atoms with Crippen molar-refractivity contribution in [3.05, 3.63) is 29.6 Å². The molecule has 0 fully saturated rings. The molecule has 114 valence electrons. The minimum atomic E-state index is 0.362. The van der Waals surface area contributed by atoms with Crippen LogP contribution in [0, 0.1) is 0 Å². The van der Waals surface area contributed by atoms with Gasteiger partial charge in [-0.15, -0.1) is 11.3 Å². The molecule has 7 heteroatoms. The van der Waals surface area contributed by atoms with Crippen LogP contribution in [0.2, 0.25) is 0 Å². The second-order valence-corrected chi connectivity index (χ2v) is 5.23. The summed E-state index contributed by atoms with van der Waals surface area (Å²) >= 11 is 1.55. The summed E-state index contributed by atoms with van der Waals surface area (Å²) in [6.07, 6.45) is 0. The Morgan fingerprint density at radius 1 is 1.00 bits per heavy atom. The first kappa shape index (κ1) is 14.4. The zero-order chi connectivity index (χ0) is 15.5. The maximum atomic E-state index is 5.43. The molecule has 3 rings (SSSR count). The molecule has 1 aromatic carbocycles. The van der Waals surface area contributed by atoms with Gasteiger partial charge in [0.1, 0.15) is 0 Å². The van der Waals surface area contributed by atoms with Crippen LogP contribution in [0.15, 0.2) is 34.2 Å². The molecule has 6 nitrogen and oxygen atoms in total. The van der Waals surface area contributed by atoms with Crippen molar-refractivity contribution < 1.29 is 18.7 Å². The average Bonchev–Trinajstić information content (AvgIpc) is 3.23. The quantitative estimate of drug-likeness (QED) is 0.717. The average molecular weight is 318 g/mol. The van der Waals surface area contributed by atoms with Gasteiger partial charge in [0, 0.05) is 0 Å². The standard InChI is InChI=1S/C15H14N2O4S/c1-18-10-7-6-9(12(19-2)13(10)20-3)15-16-14(17-21-15)11-5-4-8-22-11/h4-8H,1-3H3. The van der Waals surface area contributed by atoms with Crippen molar-refractivity contribution in [2.24, 2.45) is 0 Å². The second kappa shape index (κ2) is 6.07. The van der Waals surface area contributed by atoms with Gasteiger partial charge in [0.2, 0.25) is 11.6 Å². The van der Waals surface area contributed by atoms with Crippen molar-refractivity contribution in [3.63, 3.8) is 0 Å². The van der Waals surface area contributed by atoms with Crippen molar-refractivity contribution in [2.45, 2.75) is 0 Å². The predicted molar refractivity (Wildman–Crippen MR) is 82.7 cm³/mol. The van der Waals surface area contributed by atoms with E-state index < -0.39 is 0 Å². The number of rotatable bonds is 5. The van der Waals surface area contributed by atoms with E-state index in [1.165, 1.54) is 0 Å². The van der Waals surface area contributed by atoms with Gasteiger partial charge in [0.05, 0.1) is 31.8 Å². The number of hydrogen-bond acceptors (Lipinski definition) is 7. The van der Waals surface area contributed by atoms with E-state index in [-0.39, 0.29) is 0 Å². The summed E-state index contributed by atoms with van der Waals surface area (Å²) in [6.45, 7) is 0. The number of hydrogen-bond donors (Lipinski definition) is 0. The number of benzene rings is 1. The maximum Gasteiger partial charge on any atom is 0.262 e. The Morgan fingerprint density at radius 2 is 1.82 bits per heavy atom. The molecule has 0 saturated heterocycles. The molecule has 3 aromatic rings. The lowest BCUT2D eigenvalue weighted by Crippen LogP contribution is -1.97. The van der Waals surface area contributed by atoms with Gasteiger partial charge in [-0.05, 0) is 23.6 Å². The van der Waals surface area contributed by atoms with Crippen LogP contribution in [0.4, 0.5) is 0 Å². The molecule has 22 heavy (non-hydrogen) atoms. The largest absolute Gasteiger partial charge is 0.493 e. The normalized spacial score (nSPS) is 10.5. The summed E-state index contributed by atoms with van der Waals surface area (Å²) in [4.78, 5) is 5.36. The highest BCUT2D eigenvalue weighted by Gasteiger charge is 2.21. The highest BCUT2D eigenvalue weighted by molar-refractivity contribution is 7.13. The van der Waals surface area contributed by atoms with Crippen LogP contribution < -0.4 is 14.2 Å². The Kier molecular flexibility index (Phi) is 3.97. The first-order valence-corrected chi connectivity index (χ1v) is 7.33.